The van der Waals surface area contributed by atoms with Gasteiger partial charge in [0.25, 0.3) is 5.91 Å². The van der Waals surface area contributed by atoms with Crippen LogP contribution in [0, 0.1) is 5.82 Å². The fraction of sp³-hybridized carbons (Fsp3) is 0.0588. The molecule has 1 saturated heterocycles. The molecule has 2 aromatic carbocycles. The highest BCUT2D eigenvalue weighted by molar-refractivity contribution is 8.27. The second kappa shape index (κ2) is 6.62. The second-order valence-electron chi connectivity index (χ2n) is 4.90. The number of phenols is 1. The summed E-state index contributed by atoms with van der Waals surface area (Å²) < 4.78 is 18.8. The SMILES string of the molecule is COc1cccc(C=C2SC(=S)N(c3cccc(F)c3)C2=O)c1O. The average molecular weight is 361 g/mol. The van der Waals surface area contributed by atoms with E-state index in [0.717, 1.165) is 11.8 Å². The van der Waals surface area contributed by atoms with Crippen LogP contribution >= 0.6 is 24.0 Å². The van der Waals surface area contributed by atoms with Gasteiger partial charge < -0.3 is 9.84 Å². The Kier molecular flexibility index (Phi) is 4.55. The first-order chi connectivity index (χ1) is 11.5. The number of nitrogens with zero attached hydrogens (tertiary/aromatic N) is 1. The lowest BCUT2D eigenvalue weighted by atomic mass is 10.1. The van der Waals surface area contributed by atoms with Crippen molar-refractivity contribution < 1.29 is 19.0 Å². The largest absolute Gasteiger partial charge is 0.504 e. The molecule has 1 aliphatic rings. The molecule has 0 spiro atoms. The van der Waals surface area contributed by atoms with Crippen molar-refractivity contribution in [1.82, 2.24) is 0 Å². The smallest absolute Gasteiger partial charge is 0.270 e. The lowest BCUT2D eigenvalue weighted by molar-refractivity contribution is -0.113. The van der Waals surface area contributed by atoms with Crippen LogP contribution in [0.5, 0.6) is 11.5 Å². The summed E-state index contributed by atoms with van der Waals surface area (Å²) in [5, 5.41) is 10.1. The van der Waals surface area contributed by atoms with E-state index < -0.39 is 5.82 Å². The molecule has 0 saturated carbocycles. The molecule has 1 N–H and O–H groups in total. The van der Waals surface area contributed by atoms with Gasteiger partial charge in [-0.15, -0.1) is 0 Å². The number of rotatable bonds is 3. The number of phenolic OH excluding ortho intramolecular Hbond substituents is 1. The van der Waals surface area contributed by atoms with E-state index in [0.29, 0.717) is 26.2 Å². The van der Waals surface area contributed by atoms with E-state index in [1.54, 1.807) is 24.3 Å². The number of ether oxygens (including phenoxy) is 1. The number of hydrogen-bond acceptors (Lipinski definition) is 5. The molecule has 0 aliphatic carbocycles. The summed E-state index contributed by atoms with van der Waals surface area (Å²) in [5.74, 6) is -0.561. The third-order valence-electron chi connectivity index (χ3n) is 3.40. The second-order valence-corrected chi connectivity index (χ2v) is 6.57. The third-order valence-corrected chi connectivity index (χ3v) is 4.70. The summed E-state index contributed by atoms with van der Waals surface area (Å²) in [5.41, 5.74) is 0.810. The summed E-state index contributed by atoms with van der Waals surface area (Å²) in [6.07, 6.45) is 1.54. The van der Waals surface area contributed by atoms with E-state index >= 15 is 0 Å². The fourth-order valence-electron chi connectivity index (χ4n) is 2.27. The number of amides is 1. The van der Waals surface area contributed by atoms with Crippen molar-refractivity contribution in [2.45, 2.75) is 0 Å². The van der Waals surface area contributed by atoms with Crippen molar-refractivity contribution in [3.8, 4) is 11.5 Å². The molecule has 0 unspecified atom stereocenters. The minimum Gasteiger partial charge on any atom is -0.504 e. The van der Waals surface area contributed by atoms with Crippen molar-refractivity contribution in [3.05, 3.63) is 58.8 Å². The minimum atomic E-state index is -0.448. The zero-order valence-corrected chi connectivity index (χ0v) is 14.2. The number of carbonyl (C=O) groups is 1. The van der Waals surface area contributed by atoms with Crippen LogP contribution in [0.15, 0.2) is 47.4 Å². The van der Waals surface area contributed by atoms with Gasteiger partial charge in [-0.2, -0.15) is 0 Å². The summed E-state index contributed by atoms with van der Waals surface area (Å²) in [7, 11) is 1.45. The predicted octanol–water partition coefficient (Wildman–Crippen LogP) is 3.95. The molecule has 4 nitrogen and oxygen atoms in total. The number of anilines is 1. The van der Waals surface area contributed by atoms with Crippen molar-refractivity contribution >= 4 is 46.0 Å². The lowest BCUT2D eigenvalue weighted by Gasteiger charge is -2.14. The summed E-state index contributed by atoms with van der Waals surface area (Å²) in [6.45, 7) is 0. The maximum atomic E-state index is 13.4. The van der Waals surface area contributed by atoms with Gasteiger partial charge in [-0.05, 0) is 30.3 Å². The third kappa shape index (κ3) is 3.00. The molecule has 0 radical (unpaired) electrons. The molecule has 2 aromatic rings. The number of carbonyl (C=O) groups excluding carboxylic acids is 1. The number of thioether (sulfide) groups is 1. The molecule has 3 rings (SSSR count). The molecule has 122 valence electrons. The van der Waals surface area contributed by atoms with E-state index in [1.165, 1.54) is 36.3 Å². The maximum absolute atomic E-state index is 13.4. The van der Waals surface area contributed by atoms with Gasteiger partial charge in [-0.25, -0.2) is 4.39 Å². The van der Waals surface area contributed by atoms with Crippen LogP contribution in [-0.4, -0.2) is 22.4 Å². The lowest BCUT2D eigenvalue weighted by Crippen LogP contribution is -2.27. The van der Waals surface area contributed by atoms with Crippen molar-refractivity contribution in [3.63, 3.8) is 0 Å². The maximum Gasteiger partial charge on any atom is 0.270 e. The molecule has 1 aliphatic heterocycles. The minimum absolute atomic E-state index is 0.0592. The van der Waals surface area contributed by atoms with E-state index in [-0.39, 0.29) is 11.7 Å². The van der Waals surface area contributed by atoms with Crippen LogP contribution in [0.1, 0.15) is 5.56 Å². The Bertz CT molecular complexity index is 867. The molecule has 0 aromatic heterocycles. The van der Waals surface area contributed by atoms with Gasteiger partial charge in [-0.1, -0.05) is 42.2 Å². The molecular formula is C17H12FNO3S2. The van der Waals surface area contributed by atoms with E-state index in [9.17, 15) is 14.3 Å². The van der Waals surface area contributed by atoms with E-state index in [1.807, 2.05) is 0 Å². The molecule has 0 atom stereocenters. The van der Waals surface area contributed by atoms with Crippen LogP contribution in [0.3, 0.4) is 0 Å². The molecule has 1 fully saturated rings. The van der Waals surface area contributed by atoms with Crippen LogP contribution in [0.25, 0.3) is 6.08 Å². The first kappa shape index (κ1) is 16.5. The number of para-hydroxylation sites is 1. The fourth-order valence-corrected chi connectivity index (χ4v) is 3.56. The Balaban J connectivity index is 1.97. The number of aromatic hydroxyl groups is 1. The van der Waals surface area contributed by atoms with Crippen molar-refractivity contribution in [2.75, 3.05) is 12.0 Å². The van der Waals surface area contributed by atoms with Gasteiger partial charge >= 0.3 is 0 Å². The van der Waals surface area contributed by atoms with Gasteiger partial charge in [0, 0.05) is 5.56 Å². The highest BCUT2D eigenvalue weighted by atomic mass is 32.2. The molecule has 24 heavy (non-hydrogen) atoms. The van der Waals surface area contributed by atoms with Gasteiger partial charge in [0.2, 0.25) is 0 Å². The molecule has 1 amide bonds. The molecule has 7 heteroatoms. The van der Waals surface area contributed by atoms with Crippen molar-refractivity contribution in [2.24, 2.45) is 0 Å². The first-order valence-electron chi connectivity index (χ1n) is 6.91. The standard InChI is InChI=1S/C17H12FNO3S2/c1-22-13-7-2-4-10(15(13)20)8-14-16(21)19(17(23)24-14)12-6-3-5-11(18)9-12/h2-9,20H,1H3. The number of halogens is 1. The van der Waals surface area contributed by atoms with E-state index in [2.05, 4.69) is 0 Å². The monoisotopic (exact) mass is 361 g/mol. The quantitative estimate of drug-likeness (QED) is 0.663. The first-order valence-corrected chi connectivity index (χ1v) is 8.13. The van der Waals surface area contributed by atoms with Gasteiger partial charge in [-0.3, -0.25) is 9.69 Å². The normalized spacial score (nSPS) is 16.1. The van der Waals surface area contributed by atoms with Crippen LogP contribution in [0.4, 0.5) is 10.1 Å². The summed E-state index contributed by atoms with van der Waals surface area (Å²) in [6, 6.07) is 10.7. The number of hydrogen-bond donors (Lipinski definition) is 1. The predicted molar refractivity (Wildman–Crippen MR) is 96.7 cm³/mol. The molecular weight excluding hydrogens is 349 g/mol. The van der Waals surface area contributed by atoms with Gasteiger partial charge in [0.1, 0.15) is 5.82 Å². The Morgan fingerprint density at radius 1 is 1.29 bits per heavy atom. The number of methoxy groups -OCH3 is 1. The van der Waals surface area contributed by atoms with Crippen LogP contribution < -0.4 is 9.64 Å². The Hall–Kier alpha value is -2.38. The Morgan fingerprint density at radius 3 is 2.75 bits per heavy atom. The zero-order chi connectivity index (χ0) is 17.3. The highest BCUT2D eigenvalue weighted by Crippen LogP contribution is 2.38. The Morgan fingerprint density at radius 2 is 2.04 bits per heavy atom. The van der Waals surface area contributed by atoms with Gasteiger partial charge in [0.05, 0.1) is 17.7 Å². The topological polar surface area (TPSA) is 49.8 Å². The summed E-state index contributed by atoms with van der Waals surface area (Å²) >= 11 is 6.33. The molecule has 0 bridgehead atoms. The highest BCUT2D eigenvalue weighted by Gasteiger charge is 2.33. The van der Waals surface area contributed by atoms with Crippen LogP contribution in [0.2, 0.25) is 0 Å². The number of thiocarbonyl (C=S) groups is 1. The number of benzene rings is 2. The van der Waals surface area contributed by atoms with E-state index in [4.69, 9.17) is 17.0 Å². The molecule has 1 heterocycles. The zero-order valence-electron chi connectivity index (χ0n) is 12.5. The van der Waals surface area contributed by atoms with Gasteiger partial charge in [0.15, 0.2) is 15.8 Å². The average Bonchev–Trinajstić information content (AvgIpc) is 2.83. The van der Waals surface area contributed by atoms with Crippen LogP contribution in [-0.2, 0) is 4.79 Å². The Labute approximate surface area is 147 Å². The summed E-state index contributed by atoms with van der Waals surface area (Å²) in [4.78, 5) is 14.2. The van der Waals surface area contributed by atoms with Crippen molar-refractivity contribution in [1.29, 1.82) is 0 Å².